The molecule has 0 fully saturated rings. The summed E-state index contributed by atoms with van der Waals surface area (Å²) in [6.45, 7) is 0. The van der Waals surface area contributed by atoms with Gasteiger partial charge in [0.15, 0.2) is 0 Å². The molecule has 0 spiro atoms. The van der Waals surface area contributed by atoms with Crippen molar-refractivity contribution in [2.24, 2.45) is 5.92 Å². The molecule has 0 saturated heterocycles. The third-order valence-corrected chi connectivity index (χ3v) is 1.48. The minimum absolute atomic E-state index is 0.123. The van der Waals surface area contributed by atoms with Crippen molar-refractivity contribution in [3.8, 4) is 0 Å². The second kappa shape index (κ2) is 3.59. The summed E-state index contributed by atoms with van der Waals surface area (Å²) < 4.78 is 0. The van der Waals surface area contributed by atoms with Gasteiger partial charge in [0.1, 0.15) is 5.94 Å². The summed E-state index contributed by atoms with van der Waals surface area (Å²) in [4.78, 5) is 10.3. The lowest BCUT2D eigenvalue weighted by molar-refractivity contribution is 0.469. The van der Waals surface area contributed by atoms with E-state index in [4.69, 9.17) is 5.11 Å². The van der Waals surface area contributed by atoms with E-state index in [1.165, 1.54) is 6.08 Å². The molecule has 0 heterocycles. The predicted octanol–water partition coefficient (Wildman–Crippen LogP) is 1.56. The average molecular weight is 148 g/mol. The van der Waals surface area contributed by atoms with Gasteiger partial charge in [0.05, 0.1) is 6.26 Å². The van der Waals surface area contributed by atoms with Gasteiger partial charge in [0.2, 0.25) is 0 Å². The van der Waals surface area contributed by atoms with Crippen LogP contribution < -0.4 is 0 Å². The van der Waals surface area contributed by atoms with Crippen molar-refractivity contribution >= 4 is 5.94 Å². The van der Waals surface area contributed by atoms with E-state index in [0.29, 0.717) is 5.57 Å². The molecular weight excluding hydrogens is 140 g/mol. The van der Waals surface area contributed by atoms with Crippen LogP contribution in [0.5, 0.6) is 0 Å². The molecule has 56 valence electrons. The zero-order valence-corrected chi connectivity index (χ0v) is 5.90. The molecule has 0 saturated carbocycles. The van der Waals surface area contributed by atoms with Crippen LogP contribution in [0.2, 0.25) is 0 Å². The molecule has 0 radical (unpaired) electrons. The summed E-state index contributed by atoms with van der Waals surface area (Å²) in [6, 6.07) is 0. The van der Waals surface area contributed by atoms with Crippen molar-refractivity contribution in [3.05, 3.63) is 42.2 Å². The zero-order chi connectivity index (χ0) is 8.10. The van der Waals surface area contributed by atoms with Gasteiger partial charge in [-0.25, -0.2) is 4.79 Å². The first-order chi connectivity index (χ1) is 5.38. The van der Waals surface area contributed by atoms with Crippen LogP contribution in [-0.4, -0.2) is 11.0 Å². The monoisotopic (exact) mass is 148 g/mol. The number of hydrogen-bond donors (Lipinski definition) is 1. The minimum Gasteiger partial charge on any atom is -0.516 e. The highest BCUT2D eigenvalue weighted by Gasteiger charge is 2.07. The second-order valence-corrected chi connectivity index (χ2v) is 2.17. The molecule has 1 rings (SSSR count). The van der Waals surface area contributed by atoms with Gasteiger partial charge < -0.3 is 5.11 Å². The highest BCUT2D eigenvalue weighted by Crippen LogP contribution is 2.16. The summed E-state index contributed by atoms with van der Waals surface area (Å²) in [5, 5.41) is 8.45. The van der Waals surface area contributed by atoms with Crippen LogP contribution in [0, 0.1) is 5.92 Å². The highest BCUT2D eigenvalue weighted by atomic mass is 16.2. The van der Waals surface area contributed by atoms with Crippen molar-refractivity contribution < 1.29 is 9.90 Å². The quantitative estimate of drug-likeness (QED) is 0.452. The van der Waals surface area contributed by atoms with Crippen LogP contribution in [0.15, 0.2) is 42.2 Å². The van der Waals surface area contributed by atoms with Crippen LogP contribution in [-0.2, 0) is 4.79 Å². The van der Waals surface area contributed by atoms with Crippen LogP contribution in [0.1, 0.15) is 0 Å². The Hall–Kier alpha value is -1.53. The third-order valence-electron chi connectivity index (χ3n) is 1.48. The summed E-state index contributed by atoms with van der Waals surface area (Å²) in [5.74, 6) is 1.68. The Labute approximate surface area is 64.9 Å². The topological polar surface area (TPSA) is 37.3 Å². The Morgan fingerprint density at radius 1 is 1.55 bits per heavy atom. The number of hydrogen-bond acceptors (Lipinski definition) is 2. The summed E-state index contributed by atoms with van der Waals surface area (Å²) in [5.41, 5.74) is 0.540. The molecule has 1 aliphatic carbocycles. The molecule has 1 aliphatic rings. The molecule has 0 amide bonds. The van der Waals surface area contributed by atoms with E-state index in [1.54, 1.807) is 18.1 Å². The number of aliphatic hydroxyl groups is 1. The van der Waals surface area contributed by atoms with Crippen LogP contribution >= 0.6 is 0 Å². The molecule has 2 nitrogen and oxygen atoms in total. The largest absolute Gasteiger partial charge is 0.516 e. The van der Waals surface area contributed by atoms with Crippen LogP contribution in [0.4, 0.5) is 0 Å². The lowest BCUT2D eigenvalue weighted by Gasteiger charge is -2.06. The fourth-order valence-corrected chi connectivity index (χ4v) is 0.920. The number of carbonyl (C=O) groups excluding carboxylic acids is 1. The Bertz CT molecular complexity index is 265. The molecule has 1 atom stereocenters. The van der Waals surface area contributed by atoms with Gasteiger partial charge in [-0.1, -0.05) is 18.2 Å². The van der Waals surface area contributed by atoms with Crippen LogP contribution in [0.3, 0.4) is 0 Å². The lowest BCUT2D eigenvalue weighted by atomic mass is 9.96. The Kier molecular flexibility index (Phi) is 2.47. The first kappa shape index (κ1) is 7.58. The zero-order valence-electron chi connectivity index (χ0n) is 5.90. The van der Waals surface area contributed by atoms with Crippen molar-refractivity contribution in [1.82, 2.24) is 0 Å². The van der Waals surface area contributed by atoms with E-state index in [2.05, 4.69) is 0 Å². The molecule has 0 aromatic rings. The maximum atomic E-state index is 10.3. The number of allylic oxidation sites excluding steroid dienone is 6. The first-order valence-corrected chi connectivity index (χ1v) is 3.29. The fraction of sp³-hybridized carbons (Fsp3) is 0.111. The summed E-state index contributed by atoms with van der Waals surface area (Å²) >= 11 is 0. The van der Waals surface area contributed by atoms with Crippen molar-refractivity contribution in [1.29, 1.82) is 0 Å². The number of rotatable bonds is 1. The van der Waals surface area contributed by atoms with Gasteiger partial charge in [0.25, 0.3) is 0 Å². The van der Waals surface area contributed by atoms with E-state index in [-0.39, 0.29) is 5.92 Å². The summed E-state index contributed by atoms with van der Waals surface area (Å²) in [6.07, 6.45) is 9.55. The minimum atomic E-state index is -0.123. The van der Waals surface area contributed by atoms with Crippen molar-refractivity contribution in [3.63, 3.8) is 0 Å². The molecular formula is C9H8O2. The molecule has 11 heavy (non-hydrogen) atoms. The van der Waals surface area contributed by atoms with E-state index >= 15 is 0 Å². The van der Waals surface area contributed by atoms with Gasteiger partial charge in [-0.05, 0) is 12.2 Å². The average Bonchev–Trinajstić information content (AvgIpc) is 2.06. The lowest BCUT2D eigenvalue weighted by Crippen LogP contribution is -1.98. The SMILES string of the molecule is O=C=C1C=CC=CC1C=CO. The third kappa shape index (κ3) is 1.69. The molecule has 2 heteroatoms. The van der Waals surface area contributed by atoms with E-state index < -0.39 is 0 Å². The van der Waals surface area contributed by atoms with Gasteiger partial charge in [-0.15, -0.1) is 0 Å². The molecule has 1 N–H and O–H groups in total. The molecule has 0 aliphatic heterocycles. The normalized spacial score (nSPS) is 22.5. The van der Waals surface area contributed by atoms with Crippen molar-refractivity contribution in [2.45, 2.75) is 0 Å². The van der Waals surface area contributed by atoms with Gasteiger partial charge in [0, 0.05) is 11.5 Å². The van der Waals surface area contributed by atoms with E-state index in [0.717, 1.165) is 6.26 Å². The van der Waals surface area contributed by atoms with Crippen LogP contribution in [0.25, 0.3) is 0 Å². The molecule has 0 aromatic carbocycles. The Morgan fingerprint density at radius 3 is 3.00 bits per heavy atom. The van der Waals surface area contributed by atoms with E-state index in [1.807, 2.05) is 12.2 Å². The van der Waals surface area contributed by atoms with Gasteiger partial charge in [-0.3, -0.25) is 0 Å². The van der Waals surface area contributed by atoms with Gasteiger partial charge >= 0.3 is 0 Å². The maximum Gasteiger partial charge on any atom is 0.128 e. The highest BCUT2D eigenvalue weighted by molar-refractivity contribution is 5.61. The molecule has 1 unspecified atom stereocenters. The molecule has 0 bridgehead atoms. The molecule has 0 aromatic heterocycles. The predicted molar refractivity (Wildman–Crippen MR) is 42.7 cm³/mol. The standard InChI is InChI=1S/C9H8O2/c10-6-5-8-3-1-2-4-9(8)7-11/h1-6,8,10H. The fourth-order valence-electron chi connectivity index (χ4n) is 0.920. The smallest absolute Gasteiger partial charge is 0.128 e. The Morgan fingerprint density at radius 2 is 2.36 bits per heavy atom. The second-order valence-electron chi connectivity index (χ2n) is 2.17. The van der Waals surface area contributed by atoms with Gasteiger partial charge in [-0.2, -0.15) is 0 Å². The van der Waals surface area contributed by atoms with Crippen molar-refractivity contribution in [2.75, 3.05) is 0 Å². The first-order valence-electron chi connectivity index (χ1n) is 3.29. The van der Waals surface area contributed by atoms with E-state index in [9.17, 15) is 4.79 Å². The maximum absolute atomic E-state index is 10.3. The Balaban J connectivity index is 2.88. The number of aliphatic hydroxyl groups excluding tert-OH is 1. The summed E-state index contributed by atoms with van der Waals surface area (Å²) in [7, 11) is 0.